The summed E-state index contributed by atoms with van der Waals surface area (Å²) in [7, 11) is 0. The molecule has 190 valence electrons. The normalized spacial score (nSPS) is 11.6. The number of carbonyl (C=O) groups is 2. The minimum absolute atomic E-state index is 0.160. The first-order valence-electron chi connectivity index (χ1n) is 11.8. The Morgan fingerprint density at radius 1 is 0.917 bits per heavy atom. The predicted octanol–water partition coefficient (Wildman–Crippen LogP) is 6.58. The van der Waals surface area contributed by atoms with Gasteiger partial charge >= 0.3 is 0 Å². The molecule has 3 aromatic carbocycles. The second kappa shape index (κ2) is 14.1. The van der Waals surface area contributed by atoms with Gasteiger partial charge in [0.25, 0.3) is 5.91 Å². The number of unbranched alkanes of at least 4 members (excludes halogenated alkanes) is 1. The molecule has 0 saturated carbocycles. The highest BCUT2D eigenvalue weighted by Crippen LogP contribution is 2.24. The molecule has 3 rings (SSSR count). The van der Waals surface area contributed by atoms with Gasteiger partial charge in [0.2, 0.25) is 5.91 Å². The van der Waals surface area contributed by atoms with Crippen molar-refractivity contribution in [3.63, 3.8) is 0 Å². The van der Waals surface area contributed by atoms with Gasteiger partial charge in [-0.3, -0.25) is 9.59 Å². The van der Waals surface area contributed by atoms with Crippen LogP contribution >= 0.6 is 34.8 Å². The summed E-state index contributed by atoms with van der Waals surface area (Å²) in [5, 5.41) is 4.29. The minimum atomic E-state index is -0.755. The number of nitrogens with zero attached hydrogens (tertiary/aromatic N) is 1. The monoisotopic (exact) mass is 546 g/mol. The van der Waals surface area contributed by atoms with E-state index in [-0.39, 0.29) is 25.0 Å². The fourth-order valence-corrected chi connectivity index (χ4v) is 4.18. The molecule has 0 aliphatic carbocycles. The molecule has 0 saturated heterocycles. The molecule has 0 spiro atoms. The zero-order valence-corrected chi connectivity index (χ0v) is 22.3. The van der Waals surface area contributed by atoms with E-state index in [1.807, 2.05) is 30.3 Å². The quantitative estimate of drug-likeness (QED) is 0.261. The lowest BCUT2D eigenvalue weighted by Crippen LogP contribution is -2.51. The summed E-state index contributed by atoms with van der Waals surface area (Å²) < 4.78 is 5.73. The van der Waals surface area contributed by atoms with Gasteiger partial charge in [-0.2, -0.15) is 0 Å². The molecule has 0 heterocycles. The number of carbonyl (C=O) groups excluding carboxylic acids is 2. The SMILES string of the molecule is CCCCNC(=O)[C@@H](Cc1ccccc1)N(Cc1ccc(Cl)c(Cl)c1)C(=O)COc1cccc(Cl)c1. The van der Waals surface area contributed by atoms with Crippen LogP contribution in [0.4, 0.5) is 0 Å². The van der Waals surface area contributed by atoms with Crippen molar-refractivity contribution in [3.8, 4) is 5.75 Å². The number of hydrogen-bond donors (Lipinski definition) is 1. The summed E-state index contributed by atoms with van der Waals surface area (Å²) >= 11 is 18.4. The van der Waals surface area contributed by atoms with Crippen molar-refractivity contribution in [2.75, 3.05) is 13.2 Å². The summed E-state index contributed by atoms with van der Waals surface area (Å²) in [6.45, 7) is 2.50. The Morgan fingerprint density at radius 2 is 1.69 bits per heavy atom. The molecule has 0 aliphatic rings. The molecular formula is C28H29Cl3N2O3. The van der Waals surface area contributed by atoms with E-state index in [0.29, 0.717) is 33.8 Å². The van der Waals surface area contributed by atoms with Gasteiger partial charge in [0.05, 0.1) is 10.0 Å². The van der Waals surface area contributed by atoms with Crippen LogP contribution in [0, 0.1) is 0 Å². The number of benzene rings is 3. The lowest BCUT2D eigenvalue weighted by molar-refractivity contribution is -0.142. The first-order valence-corrected chi connectivity index (χ1v) is 12.9. The number of nitrogens with one attached hydrogen (secondary N) is 1. The van der Waals surface area contributed by atoms with Crippen molar-refractivity contribution in [1.82, 2.24) is 10.2 Å². The predicted molar refractivity (Wildman–Crippen MR) is 146 cm³/mol. The smallest absolute Gasteiger partial charge is 0.261 e. The molecule has 1 N–H and O–H groups in total. The molecule has 0 radical (unpaired) electrons. The average Bonchev–Trinajstić information content (AvgIpc) is 2.87. The zero-order chi connectivity index (χ0) is 25.9. The molecule has 36 heavy (non-hydrogen) atoms. The first kappa shape index (κ1) is 27.9. The highest BCUT2D eigenvalue weighted by atomic mass is 35.5. The van der Waals surface area contributed by atoms with E-state index >= 15 is 0 Å². The van der Waals surface area contributed by atoms with Crippen molar-refractivity contribution < 1.29 is 14.3 Å². The maximum absolute atomic E-state index is 13.6. The van der Waals surface area contributed by atoms with E-state index in [0.717, 1.165) is 24.0 Å². The van der Waals surface area contributed by atoms with Crippen molar-refractivity contribution in [3.05, 3.63) is 99.0 Å². The van der Waals surface area contributed by atoms with Crippen LogP contribution in [0.15, 0.2) is 72.8 Å². The minimum Gasteiger partial charge on any atom is -0.484 e. The van der Waals surface area contributed by atoms with Gasteiger partial charge in [-0.05, 0) is 47.9 Å². The maximum atomic E-state index is 13.6. The van der Waals surface area contributed by atoms with Gasteiger partial charge in [-0.25, -0.2) is 0 Å². The molecule has 0 fully saturated rings. The van der Waals surface area contributed by atoms with Crippen molar-refractivity contribution >= 4 is 46.6 Å². The summed E-state index contributed by atoms with van der Waals surface area (Å²) in [5.41, 5.74) is 1.69. The molecule has 8 heteroatoms. The van der Waals surface area contributed by atoms with Crippen molar-refractivity contribution in [2.24, 2.45) is 0 Å². The number of amides is 2. The van der Waals surface area contributed by atoms with Crippen LogP contribution in [-0.2, 0) is 22.6 Å². The molecule has 1 atom stereocenters. The summed E-state index contributed by atoms with van der Waals surface area (Å²) in [5.74, 6) is -0.0894. The molecule has 2 amide bonds. The van der Waals surface area contributed by atoms with Crippen LogP contribution in [0.5, 0.6) is 5.75 Å². The van der Waals surface area contributed by atoms with Crippen LogP contribution in [-0.4, -0.2) is 35.9 Å². The zero-order valence-electron chi connectivity index (χ0n) is 20.1. The van der Waals surface area contributed by atoms with Crippen molar-refractivity contribution in [1.29, 1.82) is 0 Å². The van der Waals surface area contributed by atoms with Crippen molar-refractivity contribution in [2.45, 2.75) is 38.8 Å². The topological polar surface area (TPSA) is 58.6 Å². The molecule has 5 nitrogen and oxygen atoms in total. The number of hydrogen-bond acceptors (Lipinski definition) is 3. The first-order chi connectivity index (χ1) is 17.4. The lowest BCUT2D eigenvalue weighted by Gasteiger charge is -2.31. The van der Waals surface area contributed by atoms with Gasteiger partial charge in [0.15, 0.2) is 6.61 Å². The highest BCUT2D eigenvalue weighted by molar-refractivity contribution is 6.42. The van der Waals surface area contributed by atoms with Gasteiger partial charge < -0.3 is 15.0 Å². The van der Waals surface area contributed by atoms with E-state index in [4.69, 9.17) is 39.5 Å². The fraction of sp³-hybridized carbons (Fsp3) is 0.286. The molecule has 0 unspecified atom stereocenters. The third kappa shape index (κ3) is 8.44. The Morgan fingerprint density at radius 3 is 2.39 bits per heavy atom. The standard InChI is InChI=1S/C28H29Cl3N2O3/c1-2-3-14-32-28(35)26(16-20-8-5-4-6-9-20)33(18-21-12-13-24(30)25(31)15-21)27(34)19-36-23-11-7-10-22(29)17-23/h4-13,15,17,26H,2-3,14,16,18-19H2,1H3,(H,32,35)/t26-/m1/s1. The van der Waals surface area contributed by atoms with E-state index in [2.05, 4.69) is 12.2 Å². The molecule has 0 aliphatic heterocycles. The number of ether oxygens (including phenoxy) is 1. The van der Waals surface area contributed by atoms with Crippen LogP contribution in [0.25, 0.3) is 0 Å². The van der Waals surface area contributed by atoms with Gasteiger partial charge in [0.1, 0.15) is 11.8 Å². The van der Waals surface area contributed by atoms with Crippen LogP contribution in [0.3, 0.4) is 0 Å². The summed E-state index contributed by atoms with van der Waals surface area (Å²) in [6.07, 6.45) is 2.15. The van der Waals surface area contributed by atoms with Crippen LogP contribution in [0.1, 0.15) is 30.9 Å². The van der Waals surface area contributed by atoms with E-state index in [9.17, 15) is 9.59 Å². The number of rotatable bonds is 12. The molecular weight excluding hydrogens is 519 g/mol. The van der Waals surface area contributed by atoms with Crippen LogP contribution < -0.4 is 10.1 Å². The average molecular weight is 548 g/mol. The Labute approximate surface area is 227 Å². The van der Waals surface area contributed by atoms with E-state index in [1.54, 1.807) is 47.4 Å². The molecule has 3 aromatic rings. The summed E-state index contributed by atoms with van der Waals surface area (Å²) in [6, 6.07) is 20.9. The maximum Gasteiger partial charge on any atom is 0.261 e. The Bertz CT molecular complexity index is 1160. The lowest BCUT2D eigenvalue weighted by atomic mass is 10.0. The van der Waals surface area contributed by atoms with Gasteiger partial charge in [0, 0.05) is 24.5 Å². The third-order valence-corrected chi connectivity index (χ3v) is 6.57. The Kier molecular flexibility index (Phi) is 10.9. The number of halogens is 3. The Hall–Kier alpha value is -2.73. The molecule has 0 aromatic heterocycles. The fourth-order valence-electron chi connectivity index (χ4n) is 3.68. The van der Waals surface area contributed by atoms with Crippen LogP contribution in [0.2, 0.25) is 15.1 Å². The van der Waals surface area contributed by atoms with Gasteiger partial charge in [-0.15, -0.1) is 0 Å². The van der Waals surface area contributed by atoms with Gasteiger partial charge in [-0.1, -0.05) is 90.6 Å². The van der Waals surface area contributed by atoms with E-state index < -0.39 is 6.04 Å². The second-order valence-electron chi connectivity index (χ2n) is 8.37. The Balaban J connectivity index is 1.90. The largest absolute Gasteiger partial charge is 0.484 e. The highest BCUT2D eigenvalue weighted by Gasteiger charge is 2.30. The van der Waals surface area contributed by atoms with E-state index in [1.165, 1.54) is 0 Å². The summed E-state index contributed by atoms with van der Waals surface area (Å²) in [4.78, 5) is 28.5. The second-order valence-corrected chi connectivity index (χ2v) is 9.62. The third-order valence-electron chi connectivity index (χ3n) is 5.60. The molecule has 0 bridgehead atoms.